The summed E-state index contributed by atoms with van der Waals surface area (Å²) in [7, 11) is -2.30. The number of carbonyl (C=O) groups is 1. The molecule has 2 rings (SSSR count). The molecular weight excluding hydrogens is 524 g/mol. The molecule has 5 nitrogen and oxygen atoms in total. The SMILES string of the molecule is [CH2-]C.[CH2-]CN(C[CH2-])S(=O)(=O)c1ccc2scc(CC(=O)OC)c2c1.[Y+3].[Y]. The second-order valence-corrected chi connectivity index (χ2v) is 7.43. The number of benzene rings is 1. The summed E-state index contributed by atoms with van der Waals surface area (Å²) in [5, 5.41) is 2.60. The van der Waals surface area contributed by atoms with Crippen LogP contribution in [0.1, 0.15) is 12.5 Å². The Morgan fingerprint density at radius 3 is 2.31 bits per heavy atom. The van der Waals surface area contributed by atoms with Gasteiger partial charge in [-0.1, -0.05) is 0 Å². The maximum atomic E-state index is 12.5. The van der Waals surface area contributed by atoms with Crippen LogP contribution in [0.25, 0.3) is 10.1 Å². The van der Waals surface area contributed by atoms with Crippen molar-refractivity contribution in [2.24, 2.45) is 0 Å². The Kier molecular flexibility index (Phi) is 15.4. The Morgan fingerprint density at radius 1 is 1.23 bits per heavy atom. The number of ether oxygens (including phenoxy) is 1. The molecule has 0 aliphatic carbocycles. The van der Waals surface area contributed by atoms with Gasteiger partial charge in [-0.3, -0.25) is 9.10 Å². The first kappa shape index (κ1) is 29.0. The Balaban J connectivity index is 0. The molecule has 0 bridgehead atoms. The summed E-state index contributed by atoms with van der Waals surface area (Å²) in [5.74, 6) is -0.356. The molecule has 0 aliphatic heterocycles. The number of hydrogen-bond donors (Lipinski definition) is 0. The molecule has 1 aromatic carbocycles. The van der Waals surface area contributed by atoms with E-state index in [1.54, 1.807) is 25.1 Å². The monoisotopic (exact) mass is 546 g/mol. The molecule has 1 heterocycles. The van der Waals surface area contributed by atoms with Crippen LogP contribution in [-0.4, -0.2) is 38.9 Å². The van der Waals surface area contributed by atoms with Crippen LogP contribution in [0.2, 0.25) is 0 Å². The van der Waals surface area contributed by atoms with Crippen LogP contribution >= 0.6 is 11.3 Å². The van der Waals surface area contributed by atoms with Gasteiger partial charge in [-0.15, -0.1) is 24.4 Å². The van der Waals surface area contributed by atoms with Crippen molar-refractivity contribution < 1.29 is 83.4 Å². The van der Waals surface area contributed by atoms with Gasteiger partial charge in [0.05, 0.1) is 18.4 Å². The van der Waals surface area contributed by atoms with Gasteiger partial charge in [0.2, 0.25) is 10.0 Å². The molecule has 0 N–H and O–H groups in total. The average molecular weight is 546 g/mol. The maximum Gasteiger partial charge on any atom is 3.00 e. The summed E-state index contributed by atoms with van der Waals surface area (Å²) in [5.41, 5.74) is 0.764. The number of sulfonamides is 1. The summed E-state index contributed by atoms with van der Waals surface area (Å²) >= 11 is 1.46. The van der Waals surface area contributed by atoms with Gasteiger partial charge < -0.3 is 25.5 Å². The quantitative estimate of drug-likeness (QED) is 0.413. The molecule has 0 atom stereocenters. The molecule has 0 aliphatic rings. The van der Waals surface area contributed by atoms with Crippen LogP contribution in [-0.2, 0) is 91.4 Å². The Hall–Kier alpha value is 0.768. The van der Waals surface area contributed by atoms with E-state index in [2.05, 4.69) is 25.5 Å². The van der Waals surface area contributed by atoms with E-state index in [0.717, 1.165) is 15.6 Å². The maximum absolute atomic E-state index is 12.5. The molecule has 0 spiro atoms. The molecule has 0 amide bonds. The van der Waals surface area contributed by atoms with Gasteiger partial charge in [0.15, 0.2) is 0 Å². The molecule has 0 fully saturated rings. The standard InChI is InChI=1S/C15H17NO4S2.C2H5.2Y/c1-4-16(5-2)22(18,19)12-6-7-14-13(9-12)11(10-21-14)8-15(17)20-3;1-2;;/h6-7,9-10H,1-2,4-5,8H2,3H3;1H2,2H3;;/q-2;-1;;+3. The van der Waals surface area contributed by atoms with Gasteiger partial charge in [0, 0.05) is 37.4 Å². The number of methoxy groups -OCH3 is 1. The number of carbonyl (C=O) groups excluding carboxylic acids is 1. The number of thiophene rings is 1. The number of rotatable bonds is 6. The van der Waals surface area contributed by atoms with Crippen molar-refractivity contribution >= 4 is 37.4 Å². The molecule has 26 heavy (non-hydrogen) atoms. The van der Waals surface area contributed by atoms with E-state index in [1.165, 1.54) is 22.8 Å². The topological polar surface area (TPSA) is 63.7 Å². The molecule has 0 saturated carbocycles. The largest absolute Gasteiger partial charge is 3.00 e. The molecule has 1 aromatic heterocycles. The second kappa shape index (κ2) is 13.9. The van der Waals surface area contributed by atoms with E-state index in [1.807, 2.05) is 5.38 Å². The van der Waals surface area contributed by atoms with E-state index < -0.39 is 10.0 Å². The van der Waals surface area contributed by atoms with E-state index >= 15 is 0 Å². The van der Waals surface area contributed by atoms with Crippen molar-refractivity contribution in [1.29, 1.82) is 0 Å². The zero-order chi connectivity index (χ0) is 18.3. The zero-order valence-corrected chi connectivity index (χ0v) is 22.4. The first-order valence-electron chi connectivity index (χ1n) is 7.30. The third-order valence-electron chi connectivity index (χ3n) is 3.32. The molecule has 2 aromatic rings. The molecule has 9 heteroatoms. The first-order valence-corrected chi connectivity index (χ1v) is 9.62. The van der Waals surface area contributed by atoms with E-state index in [4.69, 9.17) is 0 Å². The van der Waals surface area contributed by atoms with Crippen molar-refractivity contribution in [2.45, 2.75) is 18.2 Å². The fraction of sp³-hybridized carbons (Fsp3) is 0.294. The third kappa shape index (κ3) is 6.98. The van der Waals surface area contributed by atoms with Crippen LogP contribution in [0.15, 0.2) is 28.5 Å². The van der Waals surface area contributed by atoms with E-state index in [-0.39, 0.29) is 95.8 Å². The smallest absolute Gasteiger partial charge is 0.469 e. The molecule has 0 saturated heterocycles. The van der Waals surface area contributed by atoms with Crippen molar-refractivity contribution in [3.05, 3.63) is 49.9 Å². The fourth-order valence-corrected chi connectivity index (χ4v) is 4.32. The van der Waals surface area contributed by atoms with Gasteiger partial charge in [0.1, 0.15) is 0 Å². The minimum absolute atomic E-state index is 0. The third-order valence-corrected chi connectivity index (χ3v) is 6.23. The molecular formula is C17H22NO4S2Y2. The Morgan fingerprint density at radius 2 is 1.81 bits per heavy atom. The van der Waals surface area contributed by atoms with Gasteiger partial charge in [-0.25, -0.2) is 8.42 Å². The van der Waals surface area contributed by atoms with Gasteiger partial charge >= 0.3 is 38.7 Å². The predicted molar refractivity (Wildman–Crippen MR) is 98.0 cm³/mol. The number of fused-ring (bicyclic) bond motifs is 1. The fourth-order valence-electron chi connectivity index (χ4n) is 2.09. The number of nitrogens with zero attached hydrogens (tertiary/aromatic N) is 1. The Bertz CT molecular complexity index is 787. The first-order chi connectivity index (χ1) is 11.4. The molecule has 137 valence electrons. The summed E-state index contributed by atoms with van der Waals surface area (Å²) in [6.07, 6.45) is 0.119. The minimum Gasteiger partial charge on any atom is -0.469 e. The van der Waals surface area contributed by atoms with Crippen LogP contribution in [0.4, 0.5) is 0 Å². The average Bonchev–Trinajstić information content (AvgIpc) is 2.99. The van der Waals surface area contributed by atoms with Gasteiger partial charge in [-0.2, -0.15) is 6.92 Å². The summed E-state index contributed by atoms with van der Waals surface area (Å²) in [6.45, 7) is 12.5. The molecule has 0 unspecified atom stereocenters. The normalized spacial score (nSPS) is 10.4. The number of hydrogen-bond acceptors (Lipinski definition) is 5. The predicted octanol–water partition coefficient (Wildman–Crippen LogP) is 3.11. The van der Waals surface area contributed by atoms with Crippen LogP contribution in [0.3, 0.4) is 0 Å². The summed E-state index contributed by atoms with van der Waals surface area (Å²) in [6, 6.07) is 4.91. The van der Waals surface area contributed by atoms with Gasteiger partial charge in [-0.05, 0) is 34.5 Å². The summed E-state index contributed by atoms with van der Waals surface area (Å²) in [4.78, 5) is 11.6. The Labute approximate surface area is 211 Å². The summed E-state index contributed by atoms with van der Waals surface area (Å²) < 4.78 is 31.8. The van der Waals surface area contributed by atoms with E-state index in [9.17, 15) is 13.2 Å². The van der Waals surface area contributed by atoms with Crippen LogP contribution in [0.5, 0.6) is 0 Å². The van der Waals surface area contributed by atoms with Crippen molar-refractivity contribution in [2.75, 3.05) is 20.2 Å². The van der Waals surface area contributed by atoms with Crippen molar-refractivity contribution in [1.82, 2.24) is 4.31 Å². The van der Waals surface area contributed by atoms with Crippen molar-refractivity contribution in [3.8, 4) is 0 Å². The van der Waals surface area contributed by atoms with Gasteiger partial charge in [0.25, 0.3) is 0 Å². The minimum atomic E-state index is -3.62. The second-order valence-electron chi connectivity index (χ2n) is 4.58. The molecule has 1 radical (unpaired) electrons. The van der Waals surface area contributed by atoms with Crippen molar-refractivity contribution in [3.63, 3.8) is 0 Å². The zero-order valence-electron chi connectivity index (χ0n) is 15.1. The van der Waals surface area contributed by atoms with Crippen LogP contribution in [0, 0.1) is 20.8 Å². The van der Waals surface area contributed by atoms with Crippen LogP contribution < -0.4 is 0 Å². The van der Waals surface area contributed by atoms with E-state index in [0.29, 0.717) is 0 Å². The number of esters is 1.